The van der Waals surface area contributed by atoms with Crippen LogP contribution in [-0.2, 0) is 22.6 Å². The molecule has 0 aliphatic carbocycles. The Kier molecular flexibility index (Phi) is 3.70. The molecule has 1 aliphatic heterocycles. The number of aromatic nitrogens is 3. The van der Waals surface area contributed by atoms with Crippen LogP contribution in [0.15, 0.2) is 0 Å². The third-order valence-corrected chi connectivity index (χ3v) is 2.72. The first kappa shape index (κ1) is 12.0. The molecule has 0 amide bonds. The van der Waals surface area contributed by atoms with E-state index >= 15 is 0 Å². The van der Waals surface area contributed by atoms with Gasteiger partial charge in [-0.2, -0.15) is 0 Å². The number of nitrogens with zero attached hydrogens (tertiary/aromatic N) is 3. The van der Waals surface area contributed by atoms with Gasteiger partial charge in [0.2, 0.25) is 0 Å². The van der Waals surface area contributed by atoms with E-state index in [0.717, 1.165) is 19.4 Å². The maximum Gasteiger partial charge on any atom is 0.358 e. The van der Waals surface area contributed by atoms with Gasteiger partial charge in [0.05, 0.1) is 24.9 Å². The molecule has 1 aromatic rings. The van der Waals surface area contributed by atoms with Gasteiger partial charge in [-0.3, -0.25) is 0 Å². The van der Waals surface area contributed by atoms with E-state index in [9.17, 15) is 4.79 Å². The van der Waals surface area contributed by atoms with Gasteiger partial charge in [0, 0.05) is 13.7 Å². The van der Waals surface area contributed by atoms with Crippen molar-refractivity contribution in [3.8, 4) is 0 Å². The van der Waals surface area contributed by atoms with E-state index in [1.165, 1.54) is 7.11 Å². The Morgan fingerprint density at radius 2 is 2.53 bits per heavy atom. The van der Waals surface area contributed by atoms with Crippen molar-refractivity contribution in [2.24, 2.45) is 0 Å². The molecule has 0 aromatic carbocycles. The molecular weight excluding hydrogens is 226 g/mol. The normalized spacial score (nSPS) is 19.7. The minimum atomic E-state index is -1.09. The minimum Gasteiger partial charge on any atom is -0.476 e. The van der Waals surface area contributed by atoms with Crippen LogP contribution in [0.4, 0.5) is 0 Å². The Labute approximate surface area is 98.3 Å². The van der Waals surface area contributed by atoms with E-state index < -0.39 is 5.97 Å². The Morgan fingerprint density at radius 1 is 1.71 bits per heavy atom. The second kappa shape index (κ2) is 5.24. The SMILES string of the molecule is COCc1c(C(=O)O)nnn1CC1CCCO1. The lowest BCUT2D eigenvalue weighted by Gasteiger charge is -2.11. The lowest BCUT2D eigenvalue weighted by atomic mass is 10.2. The predicted molar refractivity (Wildman–Crippen MR) is 56.7 cm³/mol. The highest BCUT2D eigenvalue weighted by molar-refractivity contribution is 5.86. The fourth-order valence-corrected chi connectivity index (χ4v) is 1.91. The van der Waals surface area contributed by atoms with Crippen LogP contribution < -0.4 is 0 Å². The van der Waals surface area contributed by atoms with E-state index in [1.54, 1.807) is 4.68 Å². The summed E-state index contributed by atoms with van der Waals surface area (Å²) in [6.45, 7) is 1.46. The van der Waals surface area contributed by atoms with Gasteiger partial charge in [0.15, 0.2) is 5.69 Å². The van der Waals surface area contributed by atoms with Crippen molar-refractivity contribution < 1.29 is 19.4 Å². The summed E-state index contributed by atoms with van der Waals surface area (Å²) in [6, 6.07) is 0. The Morgan fingerprint density at radius 3 is 3.12 bits per heavy atom. The van der Waals surface area contributed by atoms with Gasteiger partial charge in [0.1, 0.15) is 0 Å². The Hall–Kier alpha value is -1.47. The first-order valence-electron chi connectivity index (χ1n) is 5.48. The highest BCUT2D eigenvalue weighted by Crippen LogP contribution is 2.16. The topological polar surface area (TPSA) is 86.5 Å². The zero-order valence-electron chi connectivity index (χ0n) is 9.63. The van der Waals surface area contributed by atoms with Crippen LogP contribution in [0, 0.1) is 0 Å². The van der Waals surface area contributed by atoms with E-state index in [-0.39, 0.29) is 18.4 Å². The van der Waals surface area contributed by atoms with Crippen LogP contribution in [-0.4, -0.2) is 45.9 Å². The third kappa shape index (κ3) is 2.62. The Balaban J connectivity index is 2.17. The standard InChI is InChI=1S/C10H15N3O4/c1-16-6-8-9(10(14)15)11-12-13(8)5-7-3-2-4-17-7/h7H,2-6H2,1H3,(H,14,15). The summed E-state index contributed by atoms with van der Waals surface area (Å²) < 4.78 is 12.0. The van der Waals surface area contributed by atoms with Crippen LogP contribution >= 0.6 is 0 Å². The van der Waals surface area contributed by atoms with E-state index in [4.69, 9.17) is 14.6 Å². The minimum absolute atomic E-state index is 0.0511. The van der Waals surface area contributed by atoms with Crippen LogP contribution in [0.5, 0.6) is 0 Å². The summed E-state index contributed by atoms with van der Waals surface area (Å²) in [5.41, 5.74) is 0.431. The second-order valence-corrected chi connectivity index (χ2v) is 3.94. The third-order valence-electron chi connectivity index (χ3n) is 2.72. The number of ether oxygens (including phenoxy) is 2. The average molecular weight is 241 g/mol. The molecule has 1 unspecified atom stereocenters. The molecule has 2 heterocycles. The molecule has 1 N–H and O–H groups in total. The molecule has 94 valence electrons. The summed E-state index contributed by atoms with van der Waals surface area (Å²) in [5.74, 6) is -1.09. The van der Waals surface area contributed by atoms with Crippen LogP contribution in [0.1, 0.15) is 29.0 Å². The smallest absolute Gasteiger partial charge is 0.358 e. The quantitative estimate of drug-likeness (QED) is 0.798. The number of aromatic carboxylic acids is 1. The van der Waals surface area contributed by atoms with Gasteiger partial charge >= 0.3 is 5.97 Å². The summed E-state index contributed by atoms with van der Waals surface area (Å²) in [7, 11) is 1.51. The van der Waals surface area contributed by atoms with Crippen molar-refractivity contribution in [3.63, 3.8) is 0 Å². The number of hydrogen-bond acceptors (Lipinski definition) is 5. The molecule has 0 spiro atoms. The summed E-state index contributed by atoms with van der Waals surface area (Å²) in [6.07, 6.45) is 2.09. The number of carboxylic acid groups (broad SMARTS) is 1. The molecule has 1 saturated heterocycles. The van der Waals surface area contributed by atoms with Gasteiger partial charge in [-0.05, 0) is 12.8 Å². The van der Waals surface area contributed by atoms with Gasteiger partial charge in [0.25, 0.3) is 0 Å². The van der Waals surface area contributed by atoms with Gasteiger partial charge in [-0.1, -0.05) is 5.21 Å². The Bertz CT molecular complexity index is 398. The number of methoxy groups -OCH3 is 1. The zero-order chi connectivity index (χ0) is 12.3. The molecule has 2 rings (SSSR count). The highest BCUT2D eigenvalue weighted by atomic mass is 16.5. The van der Waals surface area contributed by atoms with Crippen molar-refractivity contribution in [2.75, 3.05) is 13.7 Å². The van der Waals surface area contributed by atoms with Crippen molar-refractivity contribution in [1.82, 2.24) is 15.0 Å². The van der Waals surface area contributed by atoms with Crippen LogP contribution in [0.25, 0.3) is 0 Å². The number of carboxylic acids is 1. The molecule has 1 aliphatic rings. The summed E-state index contributed by atoms with van der Waals surface area (Å²) in [5, 5.41) is 16.5. The number of hydrogen-bond donors (Lipinski definition) is 1. The van der Waals surface area contributed by atoms with E-state index in [2.05, 4.69) is 10.3 Å². The lowest BCUT2D eigenvalue weighted by molar-refractivity contribution is 0.0682. The van der Waals surface area contributed by atoms with Gasteiger partial charge in [-0.15, -0.1) is 5.10 Å². The molecular formula is C10H15N3O4. The van der Waals surface area contributed by atoms with Gasteiger partial charge < -0.3 is 14.6 Å². The summed E-state index contributed by atoms with van der Waals surface area (Å²) >= 11 is 0. The fraction of sp³-hybridized carbons (Fsp3) is 0.700. The number of rotatable bonds is 5. The van der Waals surface area contributed by atoms with Crippen molar-refractivity contribution >= 4 is 5.97 Å². The maximum absolute atomic E-state index is 10.9. The fourth-order valence-electron chi connectivity index (χ4n) is 1.91. The highest BCUT2D eigenvalue weighted by Gasteiger charge is 2.22. The van der Waals surface area contributed by atoms with E-state index in [1.807, 2.05) is 0 Å². The zero-order valence-corrected chi connectivity index (χ0v) is 9.63. The van der Waals surface area contributed by atoms with Crippen molar-refractivity contribution in [3.05, 3.63) is 11.4 Å². The first-order valence-corrected chi connectivity index (χ1v) is 5.48. The van der Waals surface area contributed by atoms with Crippen molar-refractivity contribution in [2.45, 2.75) is 32.1 Å². The van der Waals surface area contributed by atoms with Crippen molar-refractivity contribution in [1.29, 1.82) is 0 Å². The molecule has 0 radical (unpaired) electrons. The van der Waals surface area contributed by atoms with Gasteiger partial charge in [-0.25, -0.2) is 9.48 Å². The average Bonchev–Trinajstić information content (AvgIpc) is 2.90. The maximum atomic E-state index is 10.9. The molecule has 7 heteroatoms. The first-order chi connectivity index (χ1) is 8.22. The second-order valence-electron chi connectivity index (χ2n) is 3.94. The molecule has 1 aromatic heterocycles. The lowest BCUT2D eigenvalue weighted by Crippen LogP contribution is -2.19. The molecule has 1 fully saturated rings. The largest absolute Gasteiger partial charge is 0.476 e. The van der Waals surface area contributed by atoms with Crippen LogP contribution in [0.3, 0.4) is 0 Å². The summed E-state index contributed by atoms with van der Waals surface area (Å²) in [4.78, 5) is 10.9. The molecule has 0 bridgehead atoms. The van der Waals surface area contributed by atoms with Crippen LogP contribution in [0.2, 0.25) is 0 Å². The molecule has 0 saturated carbocycles. The molecule has 7 nitrogen and oxygen atoms in total. The predicted octanol–water partition coefficient (Wildman–Crippen LogP) is 0.302. The van der Waals surface area contributed by atoms with E-state index in [0.29, 0.717) is 12.2 Å². The molecule has 1 atom stereocenters. The molecule has 17 heavy (non-hydrogen) atoms. The monoisotopic (exact) mass is 241 g/mol. The number of carbonyl (C=O) groups is 1.